The summed E-state index contributed by atoms with van der Waals surface area (Å²) in [5.74, 6) is -0.773. The van der Waals surface area contributed by atoms with Crippen molar-refractivity contribution in [1.82, 2.24) is 10.2 Å². The number of rotatable bonds is 7. The van der Waals surface area contributed by atoms with E-state index in [1.54, 1.807) is 12.1 Å². The summed E-state index contributed by atoms with van der Waals surface area (Å²) in [7, 11) is 0. The van der Waals surface area contributed by atoms with Crippen molar-refractivity contribution in [3.63, 3.8) is 0 Å². The van der Waals surface area contributed by atoms with E-state index in [1.807, 2.05) is 41.3 Å². The number of anilines is 1. The first-order valence-corrected chi connectivity index (χ1v) is 12.7. The van der Waals surface area contributed by atoms with E-state index in [-0.39, 0.29) is 17.5 Å². The third-order valence-electron chi connectivity index (χ3n) is 7.82. The van der Waals surface area contributed by atoms with Crippen molar-refractivity contribution in [3.8, 4) is 5.75 Å². The Kier molecular flexibility index (Phi) is 6.32. The molecule has 8 heteroatoms. The third-order valence-corrected chi connectivity index (χ3v) is 7.82. The predicted octanol–water partition coefficient (Wildman–Crippen LogP) is 5.17. The lowest BCUT2D eigenvalue weighted by molar-refractivity contribution is 0.0686. The Morgan fingerprint density at radius 3 is 2.35 bits per heavy atom. The zero-order chi connectivity index (χ0) is 25.6. The lowest BCUT2D eigenvalue weighted by Crippen LogP contribution is -2.71. The molecule has 6 rings (SSSR count). The van der Waals surface area contributed by atoms with E-state index < -0.39 is 30.6 Å². The summed E-state index contributed by atoms with van der Waals surface area (Å²) in [4.78, 5) is 3.45. The number of benzene rings is 3. The first kappa shape index (κ1) is 24.2. The van der Waals surface area contributed by atoms with E-state index in [0.717, 1.165) is 37.3 Å². The van der Waals surface area contributed by atoms with Crippen LogP contribution in [0.1, 0.15) is 28.3 Å². The zero-order valence-corrected chi connectivity index (χ0v) is 20.4. The van der Waals surface area contributed by atoms with E-state index in [2.05, 4.69) is 5.32 Å². The molecule has 2 fully saturated rings. The Hall–Kier alpha value is -3.10. The first-order valence-electron chi connectivity index (χ1n) is 12.7. The van der Waals surface area contributed by atoms with Crippen LogP contribution in [0.3, 0.4) is 0 Å². The zero-order valence-electron chi connectivity index (χ0n) is 20.4. The van der Waals surface area contributed by atoms with Crippen LogP contribution in [0, 0.1) is 17.0 Å². The Morgan fingerprint density at radius 1 is 0.973 bits per heavy atom. The van der Waals surface area contributed by atoms with Crippen molar-refractivity contribution in [2.24, 2.45) is 5.41 Å². The van der Waals surface area contributed by atoms with E-state index in [4.69, 9.17) is 4.74 Å². The van der Waals surface area contributed by atoms with Gasteiger partial charge >= 0.3 is 0 Å². The Labute approximate surface area is 213 Å². The molecule has 3 heterocycles. The fourth-order valence-corrected chi connectivity index (χ4v) is 5.86. The van der Waals surface area contributed by atoms with Gasteiger partial charge in [0.05, 0.1) is 12.6 Å². The van der Waals surface area contributed by atoms with Gasteiger partial charge in [-0.15, -0.1) is 0 Å². The van der Waals surface area contributed by atoms with E-state index in [0.29, 0.717) is 30.0 Å². The SMILES string of the molecule is Fc1cc(N2CC3(CNC3)C2)cc(F)c1C1c2ccc(OCc3ccccc3)cc2CCN1CC(F)F. The molecule has 0 radical (unpaired) electrons. The molecule has 1 unspecified atom stereocenters. The van der Waals surface area contributed by atoms with Gasteiger partial charge in [0, 0.05) is 49.4 Å². The van der Waals surface area contributed by atoms with Gasteiger partial charge in [-0.2, -0.15) is 0 Å². The van der Waals surface area contributed by atoms with Crippen LogP contribution in [0.4, 0.5) is 23.2 Å². The highest BCUT2D eigenvalue weighted by Crippen LogP contribution is 2.42. The summed E-state index contributed by atoms with van der Waals surface area (Å²) in [5, 5.41) is 3.25. The average Bonchev–Trinajstić information content (AvgIpc) is 2.82. The van der Waals surface area contributed by atoms with Crippen LogP contribution < -0.4 is 15.0 Å². The molecular formula is C29H29F4N3O. The molecule has 1 atom stereocenters. The van der Waals surface area contributed by atoms with Crippen LogP contribution in [0.2, 0.25) is 0 Å². The molecule has 3 aliphatic rings. The van der Waals surface area contributed by atoms with Gasteiger partial charge in [0.15, 0.2) is 0 Å². The molecule has 0 amide bonds. The molecule has 2 saturated heterocycles. The minimum absolute atomic E-state index is 0.177. The molecule has 4 nitrogen and oxygen atoms in total. The number of alkyl halides is 2. The molecule has 0 bridgehead atoms. The number of nitrogens with zero attached hydrogens (tertiary/aromatic N) is 2. The van der Waals surface area contributed by atoms with Crippen molar-refractivity contribution in [3.05, 3.63) is 94.6 Å². The van der Waals surface area contributed by atoms with Gasteiger partial charge in [-0.25, -0.2) is 17.6 Å². The topological polar surface area (TPSA) is 27.7 Å². The van der Waals surface area contributed by atoms with E-state index in [1.165, 1.54) is 17.0 Å². The molecule has 0 aliphatic carbocycles. The van der Waals surface area contributed by atoms with Crippen LogP contribution in [0.25, 0.3) is 0 Å². The van der Waals surface area contributed by atoms with Gasteiger partial charge in [0.25, 0.3) is 6.43 Å². The second kappa shape index (κ2) is 9.65. The number of fused-ring (bicyclic) bond motifs is 1. The van der Waals surface area contributed by atoms with Gasteiger partial charge in [0.2, 0.25) is 0 Å². The highest BCUT2D eigenvalue weighted by molar-refractivity contribution is 5.55. The molecule has 37 heavy (non-hydrogen) atoms. The molecule has 3 aliphatic heterocycles. The Morgan fingerprint density at radius 2 is 1.70 bits per heavy atom. The smallest absolute Gasteiger partial charge is 0.251 e. The Balaban J connectivity index is 1.29. The van der Waals surface area contributed by atoms with Gasteiger partial charge in [-0.3, -0.25) is 4.90 Å². The minimum Gasteiger partial charge on any atom is -0.489 e. The van der Waals surface area contributed by atoms with Gasteiger partial charge in [-0.1, -0.05) is 36.4 Å². The maximum Gasteiger partial charge on any atom is 0.251 e. The van der Waals surface area contributed by atoms with E-state index >= 15 is 8.78 Å². The van der Waals surface area contributed by atoms with E-state index in [9.17, 15) is 8.78 Å². The van der Waals surface area contributed by atoms with Crippen LogP contribution in [-0.4, -0.2) is 50.6 Å². The maximum atomic E-state index is 15.6. The molecule has 1 N–H and O–H groups in total. The lowest BCUT2D eigenvalue weighted by Gasteiger charge is -2.57. The predicted molar refractivity (Wildman–Crippen MR) is 134 cm³/mol. The molecule has 3 aromatic carbocycles. The standard InChI is InChI=1S/C29H29F4N3O/c30-24-11-21(36-17-29(18-36)15-34-16-29)12-25(31)27(24)28-23-7-6-22(37-14-19-4-2-1-3-5-19)10-20(23)8-9-35(28)13-26(32)33/h1-7,10-12,26,28,34H,8-9,13-18H2. The monoisotopic (exact) mass is 511 g/mol. The number of ether oxygens (including phenoxy) is 1. The van der Waals surface area contributed by atoms with Crippen LogP contribution in [-0.2, 0) is 13.0 Å². The van der Waals surface area contributed by atoms with Crippen molar-refractivity contribution >= 4 is 5.69 Å². The quantitative estimate of drug-likeness (QED) is 0.444. The van der Waals surface area contributed by atoms with Crippen LogP contribution >= 0.6 is 0 Å². The first-order chi connectivity index (χ1) is 17.9. The fraction of sp³-hybridized carbons (Fsp3) is 0.379. The highest BCUT2D eigenvalue weighted by Gasteiger charge is 2.48. The molecule has 3 aromatic rings. The summed E-state index contributed by atoms with van der Waals surface area (Å²) in [6, 6.07) is 16.9. The third kappa shape index (κ3) is 4.68. The number of halogens is 4. The van der Waals surface area contributed by atoms with Gasteiger partial charge in [0.1, 0.15) is 24.0 Å². The van der Waals surface area contributed by atoms with Crippen molar-refractivity contribution in [2.45, 2.75) is 25.5 Å². The normalized spacial score (nSPS) is 20.5. The van der Waals surface area contributed by atoms with Crippen LogP contribution in [0.5, 0.6) is 5.75 Å². The van der Waals surface area contributed by atoms with Crippen molar-refractivity contribution in [1.29, 1.82) is 0 Å². The van der Waals surface area contributed by atoms with Gasteiger partial charge < -0.3 is 15.0 Å². The van der Waals surface area contributed by atoms with Gasteiger partial charge in [-0.05, 0) is 47.4 Å². The van der Waals surface area contributed by atoms with Crippen molar-refractivity contribution in [2.75, 3.05) is 44.2 Å². The largest absolute Gasteiger partial charge is 0.489 e. The maximum absolute atomic E-state index is 15.6. The molecular weight excluding hydrogens is 482 g/mol. The second-order valence-corrected chi connectivity index (χ2v) is 10.5. The molecule has 0 saturated carbocycles. The molecule has 0 aromatic heterocycles. The number of hydrogen-bond acceptors (Lipinski definition) is 4. The van der Waals surface area contributed by atoms with Crippen molar-refractivity contribution < 1.29 is 22.3 Å². The average molecular weight is 512 g/mol. The summed E-state index contributed by atoms with van der Waals surface area (Å²) in [5.41, 5.74) is 3.04. The second-order valence-electron chi connectivity index (χ2n) is 10.5. The molecule has 194 valence electrons. The lowest BCUT2D eigenvalue weighted by atomic mass is 9.74. The fourth-order valence-electron chi connectivity index (χ4n) is 5.86. The Bertz CT molecular complexity index is 1250. The minimum atomic E-state index is -2.61. The summed E-state index contributed by atoms with van der Waals surface area (Å²) < 4.78 is 64.1. The summed E-state index contributed by atoms with van der Waals surface area (Å²) >= 11 is 0. The number of nitrogens with one attached hydrogen (secondary N) is 1. The highest BCUT2D eigenvalue weighted by atomic mass is 19.3. The van der Waals surface area contributed by atoms with Crippen LogP contribution in [0.15, 0.2) is 60.7 Å². The summed E-state index contributed by atoms with van der Waals surface area (Å²) in [6.45, 7) is 3.46. The number of hydrogen-bond donors (Lipinski definition) is 1. The summed E-state index contributed by atoms with van der Waals surface area (Å²) in [6.07, 6.45) is -2.12. The molecule has 1 spiro atoms.